The van der Waals surface area contributed by atoms with E-state index in [2.05, 4.69) is 17.3 Å². The van der Waals surface area contributed by atoms with Crippen molar-refractivity contribution >= 4 is 11.6 Å². The third-order valence-corrected chi connectivity index (χ3v) is 3.82. The fourth-order valence-corrected chi connectivity index (χ4v) is 2.46. The Kier molecular flexibility index (Phi) is 4.43. The molecule has 1 aliphatic rings. The molecule has 0 aromatic heterocycles. The zero-order valence-corrected chi connectivity index (χ0v) is 12.0. The van der Waals surface area contributed by atoms with Crippen LogP contribution in [0.2, 0.25) is 0 Å². The Bertz CT molecular complexity index is 428. The number of amides is 1. The normalized spacial score (nSPS) is 19.4. The first-order valence-electron chi connectivity index (χ1n) is 6.84. The Morgan fingerprint density at radius 1 is 1.37 bits per heavy atom. The molecule has 2 rings (SSSR count). The molecule has 0 spiro atoms. The Labute approximate surface area is 115 Å². The van der Waals surface area contributed by atoms with Crippen molar-refractivity contribution in [1.29, 1.82) is 0 Å². The summed E-state index contributed by atoms with van der Waals surface area (Å²) in [5.74, 6) is 0.0191. The Morgan fingerprint density at radius 3 is 2.58 bits per heavy atom. The fraction of sp³-hybridized carbons (Fsp3) is 0.533. The molecule has 1 saturated heterocycles. The number of rotatable bonds is 4. The van der Waals surface area contributed by atoms with Gasteiger partial charge in [0.2, 0.25) is 0 Å². The SMILES string of the molecule is CN(C)c1ccc(C(=O)NCC2CCCN2C)cc1. The summed E-state index contributed by atoms with van der Waals surface area (Å²) in [5, 5.41) is 3.03. The van der Waals surface area contributed by atoms with E-state index in [9.17, 15) is 4.79 Å². The van der Waals surface area contributed by atoms with E-state index in [1.165, 1.54) is 12.8 Å². The van der Waals surface area contributed by atoms with Gasteiger partial charge in [0.05, 0.1) is 0 Å². The average Bonchev–Trinajstić information content (AvgIpc) is 2.81. The van der Waals surface area contributed by atoms with Crippen LogP contribution in [-0.2, 0) is 0 Å². The van der Waals surface area contributed by atoms with Gasteiger partial charge in [0.25, 0.3) is 5.91 Å². The number of anilines is 1. The standard InChI is InChI=1S/C15H23N3O/c1-17(2)13-8-6-12(7-9-13)15(19)16-11-14-5-4-10-18(14)3/h6-9,14H,4-5,10-11H2,1-3H3,(H,16,19). The minimum atomic E-state index is 0.0191. The fourth-order valence-electron chi connectivity index (χ4n) is 2.46. The molecule has 0 saturated carbocycles. The number of nitrogens with zero attached hydrogens (tertiary/aromatic N) is 2. The summed E-state index contributed by atoms with van der Waals surface area (Å²) in [4.78, 5) is 16.4. The van der Waals surface area contributed by atoms with E-state index in [1.807, 2.05) is 43.3 Å². The minimum absolute atomic E-state index is 0.0191. The van der Waals surface area contributed by atoms with Crippen LogP contribution in [0.5, 0.6) is 0 Å². The summed E-state index contributed by atoms with van der Waals surface area (Å²) in [6, 6.07) is 8.18. The van der Waals surface area contributed by atoms with Gasteiger partial charge in [-0.1, -0.05) is 0 Å². The highest BCUT2D eigenvalue weighted by Crippen LogP contribution is 2.14. The summed E-state index contributed by atoms with van der Waals surface area (Å²) in [7, 11) is 6.10. The maximum Gasteiger partial charge on any atom is 0.251 e. The van der Waals surface area contributed by atoms with Crippen molar-refractivity contribution in [3.05, 3.63) is 29.8 Å². The Balaban J connectivity index is 1.89. The Hall–Kier alpha value is -1.55. The smallest absolute Gasteiger partial charge is 0.251 e. The quantitative estimate of drug-likeness (QED) is 0.894. The van der Waals surface area contributed by atoms with Crippen molar-refractivity contribution in [1.82, 2.24) is 10.2 Å². The molecule has 0 bridgehead atoms. The van der Waals surface area contributed by atoms with Gasteiger partial charge >= 0.3 is 0 Å². The second-order valence-corrected chi connectivity index (χ2v) is 5.43. The zero-order chi connectivity index (χ0) is 13.8. The summed E-state index contributed by atoms with van der Waals surface area (Å²) < 4.78 is 0. The third kappa shape index (κ3) is 3.47. The van der Waals surface area contributed by atoms with Crippen LogP contribution in [0.3, 0.4) is 0 Å². The molecule has 0 radical (unpaired) electrons. The number of hydrogen-bond acceptors (Lipinski definition) is 3. The van der Waals surface area contributed by atoms with Crippen LogP contribution in [-0.4, -0.2) is 51.1 Å². The molecule has 1 aliphatic heterocycles. The van der Waals surface area contributed by atoms with Crippen LogP contribution in [0.4, 0.5) is 5.69 Å². The van der Waals surface area contributed by atoms with E-state index in [0.29, 0.717) is 6.04 Å². The predicted molar refractivity (Wildman–Crippen MR) is 78.8 cm³/mol. The molecule has 1 fully saturated rings. The van der Waals surface area contributed by atoms with Gasteiger partial charge in [0.15, 0.2) is 0 Å². The van der Waals surface area contributed by atoms with Crippen molar-refractivity contribution in [3.63, 3.8) is 0 Å². The van der Waals surface area contributed by atoms with Gasteiger partial charge in [-0.05, 0) is 50.7 Å². The molecule has 0 aliphatic carbocycles. The number of nitrogens with one attached hydrogen (secondary N) is 1. The summed E-state index contributed by atoms with van der Waals surface area (Å²) in [5.41, 5.74) is 1.83. The highest BCUT2D eigenvalue weighted by atomic mass is 16.1. The third-order valence-electron chi connectivity index (χ3n) is 3.82. The minimum Gasteiger partial charge on any atom is -0.378 e. The lowest BCUT2D eigenvalue weighted by atomic mass is 10.1. The van der Waals surface area contributed by atoms with Gasteiger partial charge in [0.1, 0.15) is 0 Å². The predicted octanol–water partition coefficient (Wildman–Crippen LogP) is 1.58. The maximum absolute atomic E-state index is 12.0. The van der Waals surface area contributed by atoms with Gasteiger partial charge in [-0.2, -0.15) is 0 Å². The first kappa shape index (κ1) is 13.9. The van der Waals surface area contributed by atoms with Crippen molar-refractivity contribution in [2.75, 3.05) is 39.1 Å². The Morgan fingerprint density at radius 2 is 2.05 bits per heavy atom. The lowest BCUT2D eigenvalue weighted by molar-refractivity contribution is 0.0943. The van der Waals surface area contributed by atoms with E-state index >= 15 is 0 Å². The van der Waals surface area contributed by atoms with Crippen LogP contribution in [0.1, 0.15) is 23.2 Å². The van der Waals surface area contributed by atoms with Crippen molar-refractivity contribution in [3.8, 4) is 0 Å². The topological polar surface area (TPSA) is 35.6 Å². The molecule has 104 valence electrons. The second kappa shape index (κ2) is 6.06. The van der Waals surface area contributed by atoms with Crippen molar-refractivity contribution in [2.45, 2.75) is 18.9 Å². The number of hydrogen-bond donors (Lipinski definition) is 1. The van der Waals surface area contributed by atoms with Crippen LogP contribution in [0.15, 0.2) is 24.3 Å². The van der Waals surface area contributed by atoms with E-state index in [1.54, 1.807) is 0 Å². The molecule has 19 heavy (non-hydrogen) atoms. The lowest BCUT2D eigenvalue weighted by Crippen LogP contribution is -2.38. The lowest BCUT2D eigenvalue weighted by Gasteiger charge is -2.19. The molecular weight excluding hydrogens is 238 g/mol. The molecular formula is C15H23N3O. The zero-order valence-electron chi connectivity index (χ0n) is 12.0. The van der Waals surface area contributed by atoms with Gasteiger partial charge in [0, 0.05) is 37.9 Å². The molecule has 1 amide bonds. The molecule has 4 nitrogen and oxygen atoms in total. The first-order chi connectivity index (χ1) is 9.08. The van der Waals surface area contributed by atoms with Crippen LogP contribution < -0.4 is 10.2 Å². The van der Waals surface area contributed by atoms with Crippen LogP contribution >= 0.6 is 0 Å². The molecule has 1 aromatic rings. The monoisotopic (exact) mass is 261 g/mol. The van der Waals surface area contributed by atoms with Crippen LogP contribution in [0, 0.1) is 0 Å². The molecule has 4 heteroatoms. The average molecular weight is 261 g/mol. The molecule has 1 unspecified atom stereocenters. The number of carbonyl (C=O) groups excluding carboxylic acids is 1. The number of likely N-dealkylation sites (N-methyl/N-ethyl adjacent to an activating group) is 1. The van der Waals surface area contributed by atoms with Gasteiger partial charge < -0.3 is 15.1 Å². The number of carbonyl (C=O) groups is 1. The van der Waals surface area contributed by atoms with E-state index in [4.69, 9.17) is 0 Å². The van der Waals surface area contributed by atoms with E-state index in [-0.39, 0.29) is 5.91 Å². The molecule has 1 N–H and O–H groups in total. The van der Waals surface area contributed by atoms with Gasteiger partial charge in [-0.15, -0.1) is 0 Å². The highest BCUT2D eigenvalue weighted by Gasteiger charge is 2.21. The maximum atomic E-state index is 12.0. The van der Waals surface area contributed by atoms with Crippen LogP contribution in [0.25, 0.3) is 0 Å². The number of likely N-dealkylation sites (tertiary alicyclic amines) is 1. The van der Waals surface area contributed by atoms with E-state index < -0.39 is 0 Å². The molecule has 1 atom stereocenters. The second-order valence-electron chi connectivity index (χ2n) is 5.43. The van der Waals surface area contributed by atoms with Gasteiger partial charge in [-0.3, -0.25) is 4.79 Å². The largest absolute Gasteiger partial charge is 0.378 e. The number of benzene rings is 1. The first-order valence-corrected chi connectivity index (χ1v) is 6.84. The molecule has 1 heterocycles. The van der Waals surface area contributed by atoms with E-state index in [0.717, 1.165) is 24.3 Å². The highest BCUT2D eigenvalue weighted by molar-refractivity contribution is 5.94. The van der Waals surface area contributed by atoms with Crippen molar-refractivity contribution in [2.24, 2.45) is 0 Å². The summed E-state index contributed by atoms with van der Waals surface area (Å²) in [6.45, 7) is 1.88. The van der Waals surface area contributed by atoms with Gasteiger partial charge in [-0.25, -0.2) is 0 Å². The summed E-state index contributed by atoms with van der Waals surface area (Å²) in [6.07, 6.45) is 2.41. The van der Waals surface area contributed by atoms with Crippen molar-refractivity contribution < 1.29 is 4.79 Å². The summed E-state index contributed by atoms with van der Waals surface area (Å²) >= 11 is 0. The molecule has 1 aromatic carbocycles.